The first-order chi connectivity index (χ1) is 7.18. The molecule has 1 fully saturated rings. The zero-order valence-corrected chi connectivity index (χ0v) is 9.22. The fraction of sp³-hybridized carbons (Fsp3) is 0.727. The molecule has 3 nitrogen and oxygen atoms in total. The number of nitrogens with zero attached hydrogens (tertiary/aromatic N) is 1. The van der Waals surface area contributed by atoms with Crippen LogP contribution in [0.2, 0.25) is 0 Å². The topological polar surface area (TPSA) is 38.1 Å². The Morgan fingerprint density at radius 3 is 2.80 bits per heavy atom. The third-order valence-electron chi connectivity index (χ3n) is 3.15. The summed E-state index contributed by atoms with van der Waals surface area (Å²) in [5.74, 6) is 0.827. The predicted molar refractivity (Wildman–Crippen MR) is 55.4 cm³/mol. The van der Waals surface area contributed by atoms with Gasteiger partial charge in [-0.15, -0.1) is 0 Å². The number of nitrogens with one attached hydrogen (secondary N) is 1. The molecule has 1 heterocycles. The SMILES string of the molecule is Cc1noc(C)c1CNC1CCCC1F. The van der Waals surface area contributed by atoms with Crippen molar-refractivity contribution in [2.45, 2.75) is 51.9 Å². The highest BCUT2D eigenvalue weighted by atomic mass is 19.1. The lowest BCUT2D eigenvalue weighted by Gasteiger charge is -2.14. The average molecular weight is 212 g/mol. The molecule has 1 aliphatic carbocycles. The molecule has 0 radical (unpaired) electrons. The maximum Gasteiger partial charge on any atom is 0.138 e. The molecular formula is C11H17FN2O. The first-order valence-electron chi connectivity index (χ1n) is 5.47. The summed E-state index contributed by atoms with van der Waals surface area (Å²) in [5.41, 5.74) is 1.96. The summed E-state index contributed by atoms with van der Waals surface area (Å²) in [6.07, 6.45) is 1.93. The first-order valence-corrected chi connectivity index (χ1v) is 5.47. The normalized spacial score (nSPS) is 26.1. The summed E-state index contributed by atoms with van der Waals surface area (Å²) in [5, 5.41) is 7.11. The number of hydrogen-bond donors (Lipinski definition) is 1. The van der Waals surface area contributed by atoms with Gasteiger partial charge in [-0.25, -0.2) is 4.39 Å². The van der Waals surface area contributed by atoms with E-state index in [4.69, 9.17) is 4.52 Å². The lowest BCUT2D eigenvalue weighted by molar-refractivity contribution is 0.279. The lowest BCUT2D eigenvalue weighted by atomic mass is 10.1. The van der Waals surface area contributed by atoms with Gasteiger partial charge in [-0.1, -0.05) is 5.16 Å². The van der Waals surface area contributed by atoms with Crippen LogP contribution in [0.5, 0.6) is 0 Å². The minimum atomic E-state index is -0.689. The second kappa shape index (κ2) is 4.31. The smallest absolute Gasteiger partial charge is 0.138 e. The summed E-state index contributed by atoms with van der Waals surface area (Å²) in [6, 6.07) is 0.0127. The average Bonchev–Trinajstić information content (AvgIpc) is 2.73. The van der Waals surface area contributed by atoms with Crippen LogP contribution in [0.3, 0.4) is 0 Å². The van der Waals surface area contributed by atoms with Crippen molar-refractivity contribution in [1.82, 2.24) is 10.5 Å². The predicted octanol–water partition coefficient (Wildman–Crippen LogP) is 2.27. The van der Waals surface area contributed by atoms with E-state index in [-0.39, 0.29) is 6.04 Å². The second-order valence-corrected chi connectivity index (χ2v) is 4.24. The molecule has 1 aromatic heterocycles. The summed E-state index contributed by atoms with van der Waals surface area (Å²) in [7, 11) is 0. The van der Waals surface area contributed by atoms with E-state index in [1.807, 2.05) is 13.8 Å². The molecule has 1 N–H and O–H groups in total. The van der Waals surface area contributed by atoms with Crippen LogP contribution < -0.4 is 5.32 Å². The Hall–Kier alpha value is -0.900. The quantitative estimate of drug-likeness (QED) is 0.835. The van der Waals surface area contributed by atoms with Gasteiger partial charge in [0.15, 0.2) is 0 Å². The van der Waals surface area contributed by atoms with Crippen LogP contribution in [-0.4, -0.2) is 17.4 Å². The molecule has 4 heteroatoms. The molecule has 0 amide bonds. The molecule has 1 saturated carbocycles. The third kappa shape index (κ3) is 2.20. The molecule has 15 heavy (non-hydrogen) atoms. The van der Waals surface area contributed by atoms with Crippen molar-refractivity contribution in [2.24, 2.45) is 0 Å². The molecule has 1 aliphatic rings. The number of hydrogen-bond acceptors (Lipinski definition) is 3. The van der Waals surface area contributed by atoms with Crippen molar-refractivity contribution in [3.63, 3.8) is 0 Å². The van der Waals surface area contributed by atoms with Gasteiger partial charge in [0.1, 0.15) is 11.9 Å². The Kier molecular flexibility index (Phi) is 3.05. The van der Waals surface area contributed by atoms with E-state index in [0.29, 0.717) is 13.0 Å². The van der Waals surface area contributed by atoms with Gasteiger partial charge < -0.3 is 9.84 Å². The molecule has 2 atom stereocenters. The maximum absolute atomic E-state index is 13.3. The highest BCUT2D eigenvalue weighted by molar-refractivity contribution is 5.20. The Labute approximate surface area is 89.0 Å². The van der Waals surface area contributed by atoms with E-state index in [2.05, 4.69) is 10.5 Å². The fourth-order valence-corrected chi connectivity index (χ4v) is 2.13. The van der Waals surface area contributed by atoms with Crippen molar-refractivity contribution < 1.29 is 8.91 Å². The minimum absolute atomic E-state index is 0.0127. The van der Waals surface area contributed by atoms with E-state index in [0.717, 1.165) is 29.9 Å². The van der Waals surface area contributed by atoms with Gasteiger partial charge in [-0.05, 0) is 33.1 Å². The van der Waals surface area contributed by atoms with Gasteiger partial charge in [-0.2, -0.15) is 0 Å². The van der Waals surface area contributed by atoms with E-state index < -0.39 is 6.17 Å². The summed E-state index contributed by atoms with van der Waals surface area (Å²) in [4.78, 5) is 0. The van der Waals surface area contributed by atoms with Crippen LogP contribution in [0.1, 0.15) is 36.3 Å². The summed E-state index contributed by atoms with van der Waals surface area (Å²) < 4.78 is 18.4. The van der Waals surface area contributed by atoms with Crippen LogP contribution in [0.4, 0.5) is 4.39 Å². The molecule has 0 aromatic carbocycles. The fourth-order valence-electron chi connectivity index (χ4n) is 2.13. The third-order valence-corrected chi connectivity index (χ3v) is 3.15. The van der Waals surface area contributed by atoms with Crippen molar-refractivity contribution in [2.75, 3.05) is 0 Å². The number of aromatic nitrogens is 1. The molecule has 2 unspecified atom stereocenters. The largest absolute Gasteiger partial charge is 0.361 e. The summed E-state index contributed by atoms with van der Waals surface area (Å²) >= 11 is 0. The maximum atomic E-state index is 13.3. The van der Waals surface area contributed by atoms with E-state index in [1.165, 1.54) is 0 Å². The van der Waals surface area contributed by atoms with Crippen LogP contribution >= 0.6 is 0 Å². The van der Waals surface area contributed by atoms with Gasteiger partial charge in [0.05, 0.1) is 5.69 Å². The van der Waals surface area contributed by atoms with Gasteiger partial charge in [0.25, 0.3) is 0 Å². The van der Waals surface area contributed by atoms with Gasteiger partial charge in [0, 0.05) is 18.2 Å². The van der Waals surface area contributed by atoms with Crippen LogP contribution in [0.15, 0.2) is 4.52 Å². The van der Waals surface area contributed by atoms with Gasteiger partial charge >= 0.3 is 0 Å². The Morgan fingerprint density at radius 1 is 1.47 bits per heavy atom. The van der Waals surface area contributed by atoms with Gasteiger partial charge in [-0.3, -0.25) is 0 Å². The second-order valence-electron chi connectivity index (χ2n) is 4.24. The van der Waals surface area contributed by atoms with Crippen molar-refractivity contribution >= 4 is 0 Å². The molecule has 0 saturated heterocycles. The number of rotatable bonds is 3. The molecule has 2 rings (SSSR count). The van der Waals surface area contributed by atoms with E-state index in [1.54, 1.807) is 0 Å². The monoisotopic (exact) mass is 212 g/mol. The van der Waals surface area contributed by atoms with Gasteiger partial charge in [0.2, 0.25) is 0 Å². The van der Waals surface area contributed by atoms with Crippen LogP contribution in [0.25, 0.3) is 0 Å². The zero-order valence-electron chi connectivity index (χ0n) is 9.22. The molecular weight excluding hydrogens is 195 g/mol. The molecule has 84 valence electrons. The first kappa shape index (κ1) is 10.6. The number of alkyl halides is 1. The van der Waals surface area contributed by atoms with Crippen molar-refractivity contribution in [3.05, 3.63) is 17.0 Å². The molecule has 1 aromatic rings. The number of aryl methyl sites for hydroxylation is 2. The highest BCUT2D eigenvalue weighted by Gasteiger charge is 2.26. The van der Waals surface area contributed by atoms with Crippen LogP contribution in [-0.2, 0) is 6.54 Å². The highest BCUT2D eigenvalue weighted by Crippen LogP contribution is 2.22. The number of halogens is 1. The zero-order chi connectivity index (χ0) is 10.8. The Bertz CT molecular complexity index is 318. The standard InChI is InChI=1S/C11H17FN2O/c1-7-9(8(2)15-14-7)6-13-11-5-3-4-10(11)12/h10-11,13H,3-6H2,1-2H3. The minimum Gasteiger partial charge on any atom is -0.361 e. The van der Waals surface area contributed by atoms with Crippen molar-refractivity contribution in [3.8, 4) is 0 Å². The molecule has 0 bridgehead atoms. The Balaban J connectivity index is 1.93. The summed E-state index contributed by atoms with van der Waals surface area (Å²) in [6.45, 7) is 4.46. The molecule has 0 aliphatic heterocycles. The van der Waals surface area contributed by atoms with E-state index >= 15 is 0 Å². The van der Waals surface area contributed by atoms with Crippen LogP contribution in [0, 0.1) is 13.8 Å². The molecule has 0 spiro atoms. The lowest BCUT2D eigenvalue weighted by Crippen LogP contribution is -2.33. The van der Waals surface area contributed by atoms with Crippen molar-refractivity contribution in [1.29, 1.82) is 0 Å². The Morgan fingerprint density at radius 2 is 2.27 bits per heavy atom. The van der Waals surface area contributed by atoms with E-state index in [9.17, 15) is 4.39 Å².